The smallest absolute Gasteiger partial charge is 0.409 e. The van der Waals surface area contributed by atoms with Crippen LogP contribution in [0.3, 0.4) is 0 Å². The Balaban J connectivity index is 1.26. The first-order valence-electron chi connectivity index (χ1n) is 11.4. The van der Waals surface area contributed by atoms with Gasteiger partial charge in [-0.3, -0.25) is 4.79 Å². The second-order valence-electron chi connectivity index (χ2n) is 8.28. The number of fused-ring (bicyclic) bond motifs is 2. The molecule has 7 nitrogen and oxygen atoms in total. The Morgan fingerprint density at radius 1 is 0.914 bits per heavy atom. The van der Waals surface area contributed by atoms with E-state index in [4.69, 9.17) is 10.5 Å². The standard InChI is InChI=1S/C28H25N4O3/c29-28(34)35-20-12-9-18(10-13-20)27-23(22-6-2-4-8-25(22)32-27)15-16-30-26(33)14-11-19-17-31-24-7-3-1-5-21(19)24/h1-10,12-14,17,31-32H,11,15-16H2,(H2,29,34)(H,30,33). The van der Waals surface area contributed by atoms with Crippen molar-refractivity contribution in [1.29, 1.82) is 0 Å². The monoisotopic (exact) mass is 465 g/mol. The van der Waals surface area contributed by atoms with Crippen molar-refractivity contribution in [2.45, 2.75) is 12.8 Å². The molecule has 1 radical (unpaired) electrons. The molecule has 3 aromatic carbocycles. The van der Waals surface area contributed by atoms with E-state index in [0.717, 1.165) is 44.2 Å². The number of aromatic amines is 2. The van der Waals surface area contributed by atoms with Gasteiger partial charge in [-0.05, 0) is 65.9 Å². The molecule has 0 aliphatic heterocycles. The Morgan fingerprint density at radius 2 is 1.63 bits per heavy atom. The van der Waals surface area contributed by atoms with E-state index in [1.165, 1.54) is 0 Å². The van der Waals surface area contributed by atoms with Crippen LogP contribution in [-0.4, -0.2) is 28.5 Å². The van der Waals surface area contributed by atoms with Crippen LogP contribution in [0.4, 0.5) is 4.79 Å². The highest BCUT2D eigenvalue weighted by Crippen LogP contribution is 2.31. The zero-order valence-corrected chi connectivity index (χ0v) is 19.0. The highest BCUT2D eigenvalue weighted by Gasteiger charge is 2.14. The molecule has 2 aromatic heterocycles. The molecule has 0 fully saturated rings. The molecule has 0 atom stereocenters. The number of nitrogens with one attached hydrogen (secondary N) is 3. The van der Waals surface area contributed by atoms with Crippen LogP contribution in [0.15, 0.2) is 79.0 Å². The van der Waals surface area contributed by atoms with Crippen molar-refractivity contribution < 1.29 is 14.3 Å². The third kappa shape index (κ3) is 4.89. The van der Waals surface area contributed by atoms with Gasteiger partial charge in [-0.2, -0.15) is 0 Å². The first-order valence-corrected chi connectivity index (χ1v) is 11.4. The van der Waals surface area contributed by atoms with Crippen LogP contribution in [0.25, 0.3) is 33.1 Å². The number of ether oxygens (including phenoxy) is 1. The Hall–Kier alpha value is -4.52. The van der Waals surface area contributed by atoms with Crippen LogP contribution in [-0.2, 0) is 17.6 Å². The van der Waals surface area contributed by atoms with Crippen LogP contribution < -0.4 is 15.8 Å². The maximum absolute atomic E-state index is 12.5. The van der Waals surface area contributed by atoms with Crippen molar-refractivity contribution in [3.8, 4) is 17.0 Å². The zero-order chi connectivity index (χ0) is 24.2. The fourth-order valence-corrected chi connectivity index (χ4v) is 4.40. The molecule has 0 bridgehead atoms. The molecule has 0 saturated heterocycles. The van der Waals surface area contributed by atoms with E-state index in [0.29, 0.717) is 25.1 Å². The SMILES string of the molecule is NC(=O)Oc1ccc(-c2[nH]c3ccccc3c2CCNC(=O)[CH]Cc2c[nH]c3ccccc23)cc1. The van der Waals surface area contributed by atoms with E-state index in [-0.39, 0.29) is 5.91 Å². The average molecular weight is 466 g/mol. The first-order chi connectivity index (χ1) is 17.1. The topological polar surface area (TPSA) is 113 Å². The van der Waals surface area contributed by atoms with E-state index >= 15 is 0 Å². The summed E-state index contributed by atoms with van der Waals surface area (Å²) in [5.74, 6) is 0.293. The van der Waals surface area contributed by atoms with Gasteiger partial charge in [0.1, 0.15) is 5.75 Å². The van der Waals surface area contributed by atoms with Crippen molar-refractivity contribution >= 4 is 33.8 Å². The van der Waals surface area contributed by atoms with Gasteiger partial charge in [0.2, 0.25) is 5.91 Å². The minimum absolute atomic E-state index is 0.0929. The maximum Gasteiger partial charge on any atom is 0.409 e. The lowest BCUT2D eigenvalue weighted by molar-refractivity contribution is -0.117. The molecule has 0 unspecified atom stereocenters. The number of rotatable bonds is 8. The largest absolute Gasteiger partial charge is 0.411 e. The molecule has 0 aliphatic rings. The summed E-state index contributed by atoms with van der Waals surface area (Å²) in [5, 5.41) is 5.26. The minimum atomic E-state index is -0.846. The van der Waals surface area contributed by atoms with Gasteiger partial charge in [0, 0.05) is 40.2 Å². The van der Waals surface area contributed by atoms with Gasteiger partial charge in [-0.25, -0.2) is 4.79 Å². The average Bonchev–Trinajstić information content (AvgIpc) is 3.44. The number of benzene rings is 3. The number of primary amides is 1. The Morgan fingerprint density at radius 3 is 2.40 bits per heavy atom. The number of carbonyl (C=O) groups is 2. The van der Waals surface area contributed by atoms with E-state index in [9.17, 15) is 9.59 Å². The Labute approximate surface area is 202 Å². The molecule has 5 N–H and O–H groups in total. The van der Waals surface area contributed by atoms with Crippen molar-refractivity contribution in [1.82, 2.24) is 15.3 Å². The molecule has 2 heterocycles. The molecular formula is C28H25N4O3. The van der Waals surface area contributed by atoms with Crippen LogP contribution >= 0.6 is 0 Å². The zero-order valence-electron chi connectivity index (χ0n) is 19.0. The predicted octanol–water partition coefficient (Wildman–Crippen LogP) is 4.88. The summed E-state index contributed by atoms with van der Waals surface area (Å²) in [7, 11) is 0. The van der Waals surface area contributed by atoms with Gasteiger partial charge in [0.15, 0.2) is 0 Å². The molecule has 0 aliphatic carbocycles. The molecule has 175 valence electrons. The highest BCUT2D eigenvalue weighted by atomic mass is 16.5. The van der Waals surface area contributed by atoms with Crippen molar-refractivity contribution in [2.75, 3.05) is 6.54 Å². The fraction of sp³-hybridized carbons (Fsp3) is 0.107. The van der Waals surface area contributed by atoms with Crippen molar-refractivity contribution in [3.63, 3.8) is 0 Å². The maximum atomic E-state index is 12.5. The van der Waals surface area contributed by atoms with Gasteiger partial charge >= 0.3 is 6.09 Å². The lowest BCUT2D eigenvalue weighted by Crippen LogP contribution is -2.26. The summed E-state index contributed by atoms with van der Waals surface area (Å²) >= 11 is 0. The van der Waals surface area contributed by atoms with Crippen LogP contribution in [0.2, 0.25) is 0 Å². The lowest BCUT2D eigenvalue weighted by Gasteiger charge is -2.08. The summed E-state index contributed by atoms with van der Waals surface area (Å²) in [6, 6.07) is 23.3. The first kappa shape index (κ1) is 22.3. The van der Waals surface area contributed by atoms with Crippen molar-refractivity contribution in [2.24, 2.45) is 5.73 Å². The minimum Gasteiger partial charge on any atom is -0.411 e. The van der Waals surface area contributed by atoms with Crippen LogP contribution in [0.5, 0.6) is 5.75 Å². The van der Waals surface area contributed by atoms with Gasteiger partial charge in [-0.15, -0.1) is 0 Å². The third-order valence-electron chi connectivity index (χ3n) is 6.03. The second-order valence-corrected chi connectivity index (χ2v) is 8.28. The van der Waals surface area contributed by atoms with Crippen molar-refractivity contribution in [3.05, 3.63) is 96.5 Å². The molecular weight excluding hydrogens is 440 g/mol. The molecule has 2 amide bonds. The highest BCUT2D eigenvalue weighted by molar-refractivity contribution is 5.91. The third-order valence-corrected chi connectivity index (χ3v) is 6.03. The van der Waals surface area contributed by atoms with E-state index in [2.05, 4.69) is 27.4 Å². The van der Waals surface area contributed by atoms with E-state index < -0.39 is 6.09 Å². The normalized spacial score (nSPS) is 11.1. The quantitative estimate of drug-likeness (QED) is 0.262. The van der Waals surface area contributed by atoms with Gasteiger partial charge in [0.05, 0.1) is 6.42 Å². The second kappa shape index (κ2) is 9.77. The number of hydrogen-bond acceptors (Lipinski definition) is 3. The lowest BCUT2D eigenvalue weighted by atomic mass is 10.0. The number of H-pyrrole nitrogens is 2. The predicted molar refractivity (Wildman–Crippen MR) is 137 cm³/mol. The van der Waals surface area contributed by atoms with Gasteiger partial charge in [-0.1, -0.05) is 36.4 Å². The summed E-state index contributed by atoms with van der Waals surface area (Å²) in [5.41, 5.74) is 11.3. The van der Waals surface area contributed by atoms with E-state index in [1.54, 1.807) is 18.6 Å². The van der Waals surface area contributed by atoms with Gasteiger partial charge < -0.3 is 25.8 Å². The molecule has 0 saturated carbocycles. The summed E-state index contributed by atoms with van der Waals surface area (Å²) < 4.78 is 4.93. The molecule has 0 spiro atoms. The van der Waals surface area contributed by atoms with Gasteiger partial charge in [0.25, 0.3) is 0 Å². The molecule has 5 aromatic rings. The summed E-state index contributed by atoms with van der Waals surface area (Å²) in [6.07, 6.45) is 4.01. The number of carbonyl (C=O) groups excluding carboxylic acids is 2. The fourth-order valence-electron chi connectivity index (χ4n) is 4.40. The number of para-hydroxylation sites is 2. The Kier molecular flexibility index (Phi) is 6.22. The summed E-state index contributed by atoms with van der Waals surface area (Å²) in [4.78, 5) is 30.2. The van der Waals surface area contributed by atoms with Crippen LogP contribution in [0, 0.1) is 6.42 Å². The number of aromatic nitrogens is 2. The molecule has 35 heavy (non-hydrogen) atoms. The number of hydrogen-bond donors (Lipinski definition) is 4. The summed E-state index contributed by atoms with van der Waals surface area (Å²) in [6.45, 7) is 0.501. The van der Waals surface area contributed by atoms with Crippen LogP contribution in [0.1, 0.15) is 11.1 Å². The van der Waals surface area contributed by atoms with E-state index in [1.807, 2.05) is 54.7 Å². The molecule has 7 heteroatoms. The molecule has 5 rings (SSSR count). The number of nitrogens with two attached hydrogens (primary N) is 1. The Bertz CT molecular complexity index is 1500. The number of amides is 2.